The van der Waals surface area contributed by atoms with Gasteiger partial charge in [-0.2, -0.15) is 9.40 Å². The highest BCUT2D eigenvalue weighted by atomic mass is 32.2. The molecule has 2 rings (SSSR count). The molecule has 2 heterocycles. The first-order chi connectivity index (χ1) is 8.14. The molecular formula is C10H18N4O2S. The third kappa shape index (κ3) is 2.67. The Balaban J connectivity index is 2.13. The van der Waals surface area contributed by atoms with Gasteiger partial charge in [-0.15, -0.1) is 0 Å². The molecule has 0 aromatic carbocycles. The number of rotatable bonds is 5. The molecule has 2 N–H and O–H groups in total. The van der Waals surface area contributed by atoms with E-state index in [1.807, 2.05) is 0 Å². The third-order valence-electron chi connectivity index (χ3n) is 2.90. The quantitative estimate of drug-likeness (QED) is 0.807. The van der Waals surface area contributed by atoms with Crippen molar-refractivity contribution in [2.45, 2.75) is 30.7 Å². The van der Waals surface area contributed by atoms with E-state index in [2.05, 4.69) is 5.10 Å². The highest BCUT2D eigenvalue weighted by Gasteiger charge is 2.28. The van der Waals surface area contributed by atoms with Crippen LogP contribution in [-0.2, 0) is 16.6 Å². The number of hydrogen-bond donors (Lipinski definition) is 1. The molecule has 1 aromatic heterocycles. The first-order valence-electron chi connectivity index (χ1n) is 5.87. The summed E-state index contributed by atoms with van der Waals surface area (Å²) >= 11 is 0. The topological polar surface area (TPSA) is 81.2 Å². The van der Waals surface area contributed by atoms with E-state index in [9.17, 15) is 8.42 Å². The van der Waals surface area contributed by atoms with Gasteiger partial charge in [0.15, 0.2) is 0 Å². The van der Waals surface area contributed by atoms with Crippen LogP contribution >= 0.6 is 0 Å². The van der Waals surface area contributed by atoms with E-state index in [-0.39, 0.29) is 4.90 Å². The monoisotopic (exact) mass is 258 g/mol. The molecule has 1 fully saturated rings. The Kier molecular flexibility index (Phi) is 3.80. The van der Waals surface area contributed by atoms with Crippen LogP contribution in [0.15, 0.2) is 17.3 Å². The standard InChI is InChI=1S/C10H18N4O2S/c11-4-3-5-13-9-10(8-12-13)17(15,16)14-6-1-2-7-14/h8-9H,1-7,11H2. The fraction of sp³-hybridized carbons (Fsp3) is 0.700. The predicted molar refractivity (Wildman–Crippen MR) is 63.9 cm³/mol. The van der Waals surface area contributed by atoms with Crippen LogP contribution in [0.25, 0.3) is 0 Å². The molecule has 1 aromatic rings. The van der Waals surface area contributed by atoms with Crippen LogP contribution in [0, 0.1) is 0 Å². The Bertz CT molecular complexity index is 462. The lowest BCUT2D eigenvalue weighted by Crippen LogP contribution is -2.27. The molecular weight excluding hydrogens is 240 g/mol. The number of nitrogens with two attached hydrogens (primary N) is 1. The van der Waals surface area contributed by atoms with E-state index in [0.717, 1.165) is 19.3 Å². The second kappa shape index (κ2) is 5.16. The van der Waals surface area contributed by atoms with Gasteiger partial charge >= 0.3 is 0 Å². The molecule has 7 heteroatoms. The van der Waals surface area contributed by atoms with E-state index in [1.165, 1.54) is 10.5 Å². The summed E-state index contributed by atoms with van der Waals surface area (Å²) in [6, 6.07) is 0. The molecule has 0 unspecified atom stereocenters. The lowest BCUT2D eigenvalue weighted by Gasteiger charge is -2.13. The zero-order valence-electron chi connectivity index (χ0n) is 9.75. The lowest BCUT2D eigenvalue weighted by atomic mass is 10.4. The predicted octanol–water partition coefficient (Wildman–Crippen LogP) is 0.0164. The number of aromatic nitrogens is 2. The molecule has 96 valence electrons. The fourth-order valence-corrected chi connectivity index (χ4v) is 3.40. The molecule has 0 amide bonds. The van der Waals surface area contributed by atoms with Gasteiger partial charge in [-0.05, 0) is 25.8 Å². The summed E-state index contributed by atoms with van der Waals surface area (Å²) in [4.78, 5) is 0.288. The van der Waals surface area contributed by atoms with Gasteiger partial charge in [-0.1, -0.05) is 0 Å². The van der Waals surface area contributed by atoms with Gasteiger partial charge in [0, 0.05) is 25.8 Å². The maximum absolute atomic E-state index is 12.2. The molecule has 6 nitrogen and oxygen atoms in total. The molecule has 0 saturated carbocycles. The smallest absolute Gasteiger partial charge is 0.246 e. The van der Waals surface area contributed by atoms with Crippen molar-refractivity contribution in [1.82, 2.24) is 14.1 Å². The summed E-state index contributed by atoms with van der Waals surface area (Å²) in [7, 11) is -3.32. The summed E-state index contributed by atoms with van der Waals surface area (Å²) in [6.45, 7) is 2.48. The molecule has 1 aliphatic rings. The molecule has 0 bridgehead atoms. The second-order valence-corrected chi connectivity index (χ2v) is 6.13. The van der Waals surface area contributed by atoms with E-state index in [4.69, 9.17) is 5.73 Å². The summed E-state index contributed by atoms with van der Waals surface area (Å²) in [5.41, 5.74) is 5.40. The molecule has 1 saturated heterocycles. The van der Waals surface area contributed by atoms with Gasteiger partial charge in [0.2, 0.25) is 10.0 Å². The normalized spacial score (nSPS) is 17.7. The van der Waals surface area contributed by atoms with Crippen LogP contribution < -0.4 is 5.73 Å². The summed E-state index contributed by atoms with van der Waals surface area (Å²) in [5.74, 6) is 0. The summed E-state index contributed by atoms with van der Waals surface area (Å²) < 4.78 is 27.5. The van der Waals surface area contributed by atoms with Crippen molar-refractivity contribution in [2.24, 2.45) is 5.73 Å². The first-order valence-corrected chi connectivity index (χ1v) is 7.31. The first kappa shape index (κ1) is 12.5. The molecule has 0 spiro atoms. The minimum atomic E-state index is -3.32. The Labute approximate surface area is 101 Å². The Morgan fingerprint density at radius 1 is 1.35 bits per heavy atom. The van der Waals surface area contributed by atoms with E-state index in [0.29, 0.717) is 26.2 Å². The van der Waals surface area contributed by atoms with Gasteiger partial charge in [0.25, 0.3) is 0 Å². The van der Waals surface area contributed by atoms with Crippen molar-refractivity contribution in [3.8, 4) is 0 Å². The zero-order chi connectivity index (χ0) is 12.3. The average molecular weight is 258 g/mol. The molecule has 0 atom stereocenters. The minimum absolute atomic E-state index is 0.288. The Morgan fingerprint density at radius 2 is 2.06 bits per heavy atom. The van der Waals surface area contributed by atoms with Gasteiger partial charge in [-0.3, -0.25) is 4.68 Å². The third-order valence-corrected chi connectivity index (χ3v) is 4.76. The van der Waals surface area contributed by atoms with Gasteiger partial charge in [-0.25, -0.2) is 8.42 Å². The second-order valence-electron chi connectivity index (χ2n) is 4.19. The van der Waals surface area contributed by atoms with Crippen molar-refractivity contribution >= 4 is 10.0 Å². The van der Waals surface area contributed by atoms with Gasteiger partial charge in [0.05, 0.1) is 6.20 Å². The zero-order valence-corrected chi connectivity index (χ0v) is 10.6. The van der Waals surface area contributed by atoms with Crippen LogP contribution in [0.2, 0.25) is 0 Å². The van der Waals surface area contributed by atoms with Gasteiger partial charge in [0.1, 0.15) is 4.90 Å². The van der Waals surface area contributed by atoms with Crippen LogP contribution in [-0.4, -0.2) is 42.1 Å². The molecule has 0 aliphatic carbocycles. The van der Waals surface area contributed by atoms with Gasteiger partial charge < -0.3 is 5.73 Å². The van der Waals surface area contributed by atoms with Crippen molar-refractivity contribution < 1.29 is 8.42 Å². The number of sulfonamides is 1. The van der Waals surface area contributed by atoms with Crippen LogP contribution in [0.4, 0.5) is 0 Å². The maximum atomic E-state index is 12.2. The van der Waals surface area contributed by atoms with E-state index in [1.54, 1.807) is 10.9 Å². The van der Waals surface area contributed by atoms with Crippen molar-refractivity contribution in [1.29, 1.82) is 0 Å². The minimum Gasteiger partial charge on any atom is -0.330 e. The molecule has 17 heavy (non-hydrogen) atoms. The highest BCUT2D eigenvalue weighted by Crippen LogP contribution is 2.19. The molecule has 0 radical (unpaired) electrons. The lowest BCUT2D eigenvalue weighted by molar-refractivity contribution is 0.477. The Morgan fingerprint density at radius 3 is 2.71 bits per heavy atom. The van der Waals surface area contributed by atoms with Crippen molar-refractivity contribution in [3.63, 3.8) is 0 Å². The highest BCUT2D eigenvalue weighted by molar-refractivity contribution is 7.89. The van der Waals surface area contributed by atoms with E-state index < -0.39 is 10.0 Å². The molecule has 1 aliphatic heterocycles. The summed E-state index contributed by atoms with van der Waals surface area (Å²) in [6.07, 6.45) is 5.69. The van der Waals surface area contributed by atoms with E-state index >= 15 is 0 Å². The number of nitrogens with zero attached hydrogens (tertiary/aromatic N) is 3. The number of aryl methyl sites for hydroxylation is 1. The SMILES string of the molecule is NCCCn1cc(S(=O)(=O)N2CCCC2)cn1. The van der Waals surface area contributed by atoms with Crippen molar-refractivity contribution in [2.75, 3.05) is 19.6 Å². The van der Waals surface area contributed by atoms with Crippen molar-refractivity contribution in [3.05, 3.63) is 12.4 Å². The largest absolute Gasteiger partial charge is 0.330 e. The van der Waals surface area contributed by atoms with Crippen LogP contribution in [0.1, 0.15) is 19.3 Å². The maximum Gasteiger partial charge on any atom is 0.246 e. The average Bonchev–Trinajstić information content (AvgIpc) is 2.97. The summed E-state index contributed by atoms with van der Waals surface area (Å²) in [5, 5.41) is 4.05. The fourth-order valence-electron chi connectivity index (χ4n) is 1.93. The number of hydrogen-bond acceptors (Lipinski definition) is 4. The Hall–Kier alpha value is -0.920. The van der Waals surface area contributed by atoms with Crippen LogP contribution in [0.3, 0.4) is 0 Å². The van der Waals surface area contributed by atoms with Crippen LogP contribution in [0.5, 0.6) is 0 Å².